The number of carbonyl (C=O) groups excluding carboxylic acids is 1. The summed E-state index contributed by atoms with van der Waals surface area (Å²) in [7, 11) is 0. The minimum Gasteiger partial charge on any atom is -0.387 e. The van der Waals surface area contributed by atoms with Crippen molar-refractivity contribution in [2.45, 2.75) is 26.4 Å². The zero-order chi connectivity index (χ0) is 15.0. The Morgan fingerprint density at radius 1 is 1.35 bits per heavy atom. The summed E-state index contributed by atoms with van der Waals surface area (Å²) in [5, 5.41) is 13.7. The molecule has 2 N–H and O–H groups in total. The zero-order valence-corrected chi connectivity index (χ0v) is 12.9. The van der Waals surface area contributed by atoms with Crippen LogP contribution in [-0.2, 0) is 4.79 Å². The molecule has 5 heteroatoms. The third-order valence-corrected chi connectivity index (χ3v) is 3.58. The van der Waals surface area contributed by atoms with Gasteiger partial charge < -0.3 is 15.3 Å². The predicted octanol–water partition coefficient (Wildman–Crippen LogP) is 2.22. The topological polar surface area (TPSA) is 52.6 Å². The summed E-state index contributed by atoms with van der Waals surface area (Å²) in [6.07, 6.45) is -0.219. The summed E-state index contributed by atoms with van der Waals surface area (Å²) in [5.41, 5.74) is 0.705. The van der Waals surface area contributed by atoms with Crippen molar-refractivity contribution >= 4 is 17.5 Å². The lowest BCUT2D eigenvalue weighted by molar-refractivity contribution is -0.130. The highest BCUT2D eigenvalue weighted by Crippen LogP contribution is 2.21. The maximum absolute atomic E-state index is 11.8. The van der Waals surface area contributed by atoms with Gasteiger partial charge in [0, 0.05) is 43.2 Å². The summed E-state index contributed by atoms with van der Waals surface area (Å²) in [4.78, 5) is 13.6. The summed E-state index contributed by atoms with van der Waals surface area (Å²) in [6, 6.07) is 7.23. The summed E-state index contributed by atoms with van der Waals surface area (Å²) in [6.45, 7) is 6.34. The molecule has 4 nitrogen and oxygen atoms in total. The highest BCUT2D eigenvalue weighted by atomic mass is 35.5. The van der Waals surface area contributed by atoms with E-state index in [9.17, 15) is 9.90 Å². The Balaban J connectivity index is 2.31. The molecule has 0 aliphatic carbocycles. The van der Waals surface area contributed by atoms with Crippen LogP contribution in [0.1, 0.15) is 31.9 Å². The van der Waals surface area contributed by atoms with Crippen molar-refractivity contribution in [1.29, 1.82) is 0 Å². The van der Waals surface area contributed by atoms with Crippen molar-refractivity contribution in [2.24, 2.45) is 0 Å². The van der Waals surface area contributed by atoms with Crippen LogP contribution in [0, 0.1) is 0 Å². The third kappa shape index (κ3) is 5.12. The van der Waals surface area contributed by atoms with E-state index in [4.69, 9.17) is 11.6 Å². The van der Waals surface area contributed by atoms with Gasteiger partial charge >= 0.3 is 0 Å². The molecule has 112 valence electrons. The molecule has 0 bridgehead atoms. The molecule has 0 radical (unpaired) electrons. The summed E-state index contributed by atoms with van der Waals surface area (Å²) >= 11 is 6.01. The van der Waals surface area contributed by atoms with E-state index < -0.39 is 6.10 Å². The molecule has 0 aromatic heterocycles. The van der Waals surface area contributed by atoms with Crippen molar-refractivity contribution in [3.8, 4) is 0 Å². The number of rotatable bonds is 8. The van der Waals surface area contributed by atoms with Crippen LogP contribution in [0.25, 0.3) is 0 Å². The van der Waals surface area contributed by atoms with Crippen molar-refractivity contribution in [3.63, 3.8) is 0 Å². The van der Waals surface area contributed by atoms with E-state index in [-0.39, 0.29) is 5.91 Å². The molecule has 1 atom stereocenters. The quantitative estimate of drug-likeness (QED) is 0.724. The van der Waals surface area contributed by atoms with Crippen LogP contribution in [0.4, 0.5) is 0 Å². The molecule has 0 aliphatic rings. The number of carbonyl (C=O) groups is 1. The lowest BCUT2D eigenvalue weighted by Crippen LogP contribution is -2.33. The third-order valence-electron chi connectivity index (χ3n) is 3.23. The van der Waals surface area contributed by atoms with E-state index in [1.54, 1.807) is 17.0 Å². The second-order valence-corrected chi connectivity index (χ2v) is 4.96. The van der Waals surface area contributed by atoms with Gasteiger partial charge in [0.2, 0.25) is 5.91 Å². The van der Waals surface area contributed by atoms with Crippen LogP contribution in [0.15, 0.2) is 24.3 Å². The normalized spacial score (nSPS) is 12.2. The first-order valence-electron chi connectivity index (χ1n) is 7.01. The molecule has 0 saturated heterocycles. The second kappa shape index (κ2) is 8.95. The molecule has 0 spiro atoms. The maximum Gasteiger partial charge on any atom is 0.223 e. The molecule has 0 saturated carbocycles. The van der Waals surface area contributed by atoms with Gasteiger partial charge in [0.25, 0.3) is 0 Å². The lowest BCUT2D eigenvalue weighted by atomic mass is 10.1. The fraction of sp³-hybridized carbons (Fsp3) is 0.533. The molecule has 1 rings (SSSR count). The van der Waals surface area contributed by atoms with E-state index in [1.165, 1.54) is 0 Å². The van der Waals surface area contributed by atoms with Gasteiger partial charge in [-0.05, 0) is 19.9 Å². The van der Waals surface area contributed by atoms with E-state index in [0.717, 1.165) is 13.1 Å². The highest BCUT2D eigenvalue weighted by Gasteiger charge is 2.12. The van der Waals surface area contributed by atoms with Gasteiger partial charge in [-0.3, -0.25) is 4.79 Å². The lowest BCUT2D eigenvalue weighted by Gasteiger charge is -2.19. The fourth-order valence-electron chi connectivity index (χ4n) is 2.02. The number of hydrogen-bond acceptors (Lipinski definition) is 3. The van der Waals surface area contributed by atoms with Gasteiger partial charge in [-0.15, -0.1) is 0 Å². The largest absolute Gasteiger partial charge is 0.387 e. The molecule has 0 aliphatic heterocycles. The number of aliphatic hydroxyl groups is 1. The van der Waals surface area contributed by atoms with Crippen LogP contribution < -0.4 is 5.32 Å². The Morgan fingerprint density at radius 3 is 2.60 bits per heavy atom. The number of halogens is 1. The molecule has 1 aromatic carbocycles. The second-order valence-electron chi connectivity index (χ2n) is 4.56. The average Bonchev–Trinajstić information content (AvgIpc) is 2.45. The Hall–Kier alpha value is -1.10. The average molecular weight is 299 g/mol. The molecule has 1 amide bonds. The number of benzene rings is 1. The molecule has 20 heavy (non-hydrogen) atoms. The van der Waals surface area contributed by atoms with Crippen molar-refractivity contribution in [3.05, 3.63) is 34.9 Å². The van der Waals surface area contributed by atoms with Crippen molar-refractivity contribution in [2.75, 3.05) is 26.2 Å². The Bertz CT molecular complexity index is 422. The summed E-state index contributed by atoms with van der Waals surface area (Å²) < 4.78 is 0. The molecule has 0 heterocycles. The maximum atomic E-state index is 11.8. The monoisotopic (exact) mass is 298 g/mol. The Kier molecular flexibility index (Phi) is 7.59. The number of nitrogens with one attached hydrogen (secondary N) is 1. The zero-order valence-electron chi connectivity index (χ0n) is 12.1. The van der Waals surface area contributed by atoms with E-state index >= 15 is 0 Å². The van der Waals surface area contributed by atoms with Gasteiger partial charge in [0.05, 0.1) is 6.10 Å². The minimum absolute atomic E-state index is 0.134. The van der Waals surface area contributed by atoms with Gasteiger partial charge in [0.1, 0.15) is 0 Å². The first-order chi connectivity index (χ1) is 9.60. The van der Waals surface area contributed by atoms with Crippen LogP contribution in [0.2, 0.25) is 5.02 Å². The van der Waals surface area contributed by atoms with Gasteiger partial charge in [-0.2, -0.15) is 0 Å². The fourth-order valence-corrected chi connectivity index (χ4v) is 2.29. The molecule has 1 aromatic rings. The Morgan fingerprint density at radius 2 is 2.00 bits per heavy atom. The molecular formula is C15H23ClN2O2. The van der Waals surface area contributed by atoms with Crippen LogP contribution in [0.3, 0.4) is 0 Å². The van der Waals surface area contributed by atoms with Crippen LogP contribution >= 0.6 is 11.6 Å². The Labute approximate surface area is 125 Å². The number of hydrogen-bond donors (Lipinski definition) is 2. The highest BCUT2D eigenvalue weighted by molar-refractivity contribution is 6.31. The standard InChI is InChI=1S/C15H23ClN2O2/c1-3-18(4-2)15(20)9-10-17-11-14(19)12-7-5-6-8-13(12)16/h5-8,14,17,19H,3-4,9-11H2,1-2H3. The summed E-state index contributed by atoms with van der Waals surface area (Å²) in [5.74, 6) is 0.134. The molecule has 1 unspecified atom stereocenters. The van der Waals surface area contributed by atoms with E-state index in [2.05, 4.69) is 5.32 Å². The van der Waals surface area contributed by atoms with E-state index in [0.29, 0.717) is 30.1 Å². The minimum atomic E-state index is -0.660. The van der Waals surface area contributed by atoms with Crippen molar-refractivity contribution < 1.29 is 9.90 Å². The molecule has 0 fully saturated rings. The first-order valence-corrected chi connectivity index (χ1v) is 7.38. The van der Waals surface area contributed by atoms with Crippen LogP contribution in [-0.4, -0.2) is 42.1 Å². The number of aliphatic hydroxyl groups excluding tert-OH is 1. The van der Waals surface area contributed by atoms with Gasteiger partial charge in [-0.25, -0.2) is 0 Å². The number of nitrogens with zero attached hydrogens (tertiary/aromatic N) is 1. The van der Waals surface area contributed by atoms with Crippen molar-refractivity contribution in [1.82, 2.24) is 10.2 Å². The van der Waals surface area contributed by atoms with Gasteiger partial charge in [-0.1, -0.05) is 29.8 Å². The first kappa shape index (κ1) is 17.0. The van der Waals surface area contributed by atoms with E-state index in [1.807, 2.05) is 26.0 Å². The van der Waals surface area contributed by atoms with Crippen LogP contribution in [0.5, 0.6) is 0 Å². The smallest absolute Gasteiger partial charge is 0.223 e. The molecular weight excluding hydrogens is 276 g/mol. The SMILES string of the molecule is CCN(CC)C(=O)CCNCC(O)c1ccccc1Cl. The van der Waals surface area contributed by atoms with Gasteiger partial charge in [0.15, 0.2) is 0 Å². The number of amides is 1. The predicted molar refractivity (Wildman–Crippen MR) is 81.8 cm³/mol.